The van der Waals surface area contributed by atoms with E-state index in [1.54, 1.807) is 0 Å². The highest BCUT2D eigenvalue weighted by atomic mass is 19.1. The van der Waals surface area contributed by atoms with Gasteiger partial charge in [-0.3, -0.25) is 10.1 Å². The smallest absolute Gasteiger partial charge is 0.276 e. The quantitative estimate of drug-likeness (QED) is 0.439. The number of ether oxygens (including phenoxy) is 1. The molecular formula is C12H12FN5O3. The highest BCUT2D eigenvalue weighted by molar-refractivity contribution is 5.63. The Morgan fingerprint density at radius 2 is 2.05 bits per heavy atom. The molecule has 0 bridgehead atoms. The van der Waals surface area contributed by atoms with Crippen molar-refractivity contribution in [1.82, 2.24) is 4.98 Å². The first-order valence-corrected chi connectivity index (χ1v) is 5.77. The summed E-state index contributed by atoms with van der Waals surface area (Å²) in [4.78, 5) is 14.3. The van der Waals surface area contributed by atoms with Crippen LogP contribution in [-0.2, 0) is 0 Å². The van der Waals surface area contributed by atoms with Gasteiger partial charge in [0, 0.05) is 11.8 Å². The van der Waals surface area contributed by atoms with Crippen LogP contribution in [0.15, 0.2) is 30.3 Å². The van der Waals surface area contributed by atoms with E-state index in [0.29, 0.717) is 5.69 Å². The van der Waals surface area contributed by atoms with Crippen LogP contribution in [0.2, 0.25) is 0 Å². The molecule has 0 saturated carbocycles. The van der Waals surface area contributed by atoms with Gasteiger partial charge in [-0.25, -0.2) is 15.2 Å². The third-order valence-corrected chi connectivity index (χ3v) is 2.59. The average Bonchev–Trinajstić information content (AvgIpc) is 2.48. The van der Waals surface area contributed by atoms with Crippen molar-refractivity contribution in [2.75, 3.05) is 17.9 Å². The number of nitrogen functional groups attached to an aromatic ring is 1. The fraction of sp³-hybridized carbons (Fsp3) is 0.0833. The summed E-state index contributed by atoms with van der Waals surface area (Å²) in [7, 11) is 1.34. The van der Waals surface area contributed by atoms with Crippen LogP contribution in [0, 0.1) is 15.9 Å². The molecule has 0 atom stereocenters. The Hall–Kier alpha value is -2.94. The second kappa shape index (κ2) is 6.01. The zero-order valence-electron chi connectivity index (χ0n) is 11.0. The van der Waals surface area contributed by atoms with Crippen LogP contribution in [-0.4, -0.2) is 17.0 Å². The Morgan fingerprint density at radius 1 is 1.33 bits per heavy atom. The number of hydrogen-bond acceptors (Lipinski definition) is 7. The molecule has 4 N–H and O–H groups in total. The lowest BCUT2D eigenvalue weighted by Crippen LogP contribution is -2.10. The molecule has 0 unspecified atom stereocenters. The first-order chi connectivity index (χ1) is 10.0. The maximum absolute atomic E-state index is 13.3. The minimum atomic E-state index is -0.570. The van der Waals surface area contributed by atoms with Crippen molar-refractivity contribution in [2.24, 2.45) is 5.84 Å². The van der Waals surface area contributed by atoms with Gasteiger partial charge < -0.3 is 15.5 Å². The van der Waals surface area contributed by atoms with Crippen LogP contribution in [0.3, 0.4) is 0 Å². The molecule has 1 heterocycles. The molecule has 1 aromatic carbocycles. The zero-order valence-corrected chi connectivity index (χ0v) is 11.0. The van der Waals surface area contributed by atoms with Gasteiger partial charge in [0.25, 0.3) is 5.69 Å². The van der Waals surface area contributed by atoms with Crippen molar-refractivity contribution < 1.29 is 14.1 Å². The Labute approximate surface area is 118 Å². The molecule has 1 aromatic heterocycles. The van der Waals surface area contributed by atoms with E-state index < -0.39 is 10.7 Å². The Morgan fingerprint density at radius 3 is 2.67 bits per heavy atom. The molecular weight excluding hydrogens is 281 g/mol. The summed E-state index contributed by atoms with van der Waals surface area (Å²) < 4.78 is 18.2. The van der Waals surface area contributed by atoms with Crippen LogP contribution >= 0.6 is 0 Å². The second-order valence-corrected chi connectivity index (χ2v) is 3.97. The van der Waals surface area contributed by atoms with E-state index >= 15 is 0 Å². The van der Waals surface area contributed by atoms with E-state index in [4.69, 9.17) is 10.6 Å². The molecule has 0 saturated heterocycles. The van der Waals surface area contributed by atoms with Crippen molar-refractivity contribution in [3.8, 4) is 5.75 Å². The number of aromatic nitrogens is 1. The number of nitro groups is 1. The van der Waals surface area contributed by atoms with Crippen molar-refractivity contribution in [3.05, 3.63) is 46.3 Å². The normalized spacial score (nSPS) is 10.0. The molecule has 0 aliphatic heterocycles. The van der Waals surface area contributed by atoms with Crippen molar-refractivity contribution in [3.63, 3.8) is 0 Å². The van der Waals surface area contributed by atoms with E-state index in [-0.39, 0.29) is 23.1 Å². The third-order valence-electron chi connectivity index (χ3n) is 2.59. The lowest BCUT2D eigenvalue weighted by Gasteiger charge is -2.09. The second-order valence-electron chi connectivity index (χ2n) is 3.97. The van der Waals surface area contributed by atoms with E-state index in [1.165, 1.54) is 37.4 Å². The Balaban J connectivity index is 2.34. The Bertz CT molecular complexity index is 680. The van der Waals surface area contributed by atoms with Crippen molar-refractivity contribution in [1.29, 1.82) is 0 Å². The maximum atomic E-state index is 13.3. The number of pyridine rings is 1. The number of anilines is 3. The molecule has 0 radical (unpaired) electrons. The lowest BCUT2D eigenvalue weighted by atomic mass is 10.3. The summed E-state index contributed by atoms with van der Waals surface area (Å²) in [5, 5.41) is 13.6. The molecule has 0 spiro atoms. The van der Waals surface area contributed by atoms with Crippen LogP contribution in [0.4, 0.5) is 27.4 Å². The molecule has 0 aliphatic rings. The van der Waals surface area contributed by atoms with E-state index in [0.717, 1.165) is 0 Å². The molecule has 0 fully saturated rings. The number of rotatable bonds is 5. The zero-order chi connectivity index (χ0) is 15.4. The van der Waals surface area contributed by atoms with Gasteiger partial charge in [0.15, 0.2) is 11.6 Å². The van der Waals surface area contributed by atoms with Gasteiger partial charge in [-0.1, -0.05) is 0 Å². The number of hydrazine groups is 1. The number of nitrogens with one attached hydrogen (secondary N) is 2. The number of benzene rings is 1. The predicted molar refractivity (Wildman–Crippen MR) is 74.9 cm³/mol. The molecule has 0 amide bonds. The van der Waals surface area contributed by atoms with Gasteiger partial charge in [0.05, 0.1) is 24.2 Å². The van der Waals surface area contributed by atoms with Gasteiger partial charge >= 0.3 is 0 Å². The van der Waals surface area contributed by atoms with Crippen LogP contribution in [0.1, 0.15) is 0 Å². The number of nitrogens with zero attached hydrogens (tertiary/aromatic N) is 2. The van der Waals surface area contributed by atoms with Gasteiger partial charge in [-0.2, -0.15) is 0 Å². The summed E-state index contributed by atoms with van der Waals surface area (Å²) in [6.07, 6.45) is 0. The van der Waals surface area contributed by atoms with E-state index in [1.807, 2.05) is 0 Å². The number of nitrogens with two attached hydrogens (primary N) is 1. The standard InChI is InChI=1S/C12H12FN5O3/c1-21-10-4-7(2-3-9(10)13)15-11-5-8(18(19)20)6-12(16-11)17-14/h2-6H,14H2,1H3,(H2,15,16,17). The summed E-state index contributed by atoms with van der Waals surface area (Å²) in [5.74, 6) is 5.06. The number of methoxy groups -OCH3 is 1. The first-order valence-electron chi connectivity index (χ1n) is 5.77. The van der Waals surface area contributed by atoms with E-state index in [9.17, 15) is 14.5 Å². The predicted octanol–water partition coefficient (Wildman–Crippen LogP) is 2.17. The van der Waals surface area contributed by atoms with Crippen LogP contribution in [0.25, 0.3) is 0 Å². The monoisotopic (exact) mass is 293 g/mol. The molecule has 8 nitrogen and oxygen atoms in total. The lowest BCUT2D eigenvalue weighted by molar-refractivity contribution is -0.384. The topological polar surface area (TPSA) is 115 Å². The van der Waals surface area contributed by atoms with Gasteiger partial charge in [0.1, 0.15) is 11.6 Å². The average molecular weight is 293 g/mol. The minimum Gasteiger partial charge on any atom is -0.494 e. The van der Waals surface area contributed by atoms with Crippen LogP contribution in [0.5, 0.6) is 5.75 Å². The van der Waals surface area contributed by atoms with Gasteiger partial charge in [-0.15, -0.1) is 0 Å². The largest absolute Gasteiger partial charge is 0.494 e. The summed E-state index contributed by atoms with van der Waals surface area (Å²) >= 11 is 0. The highest BCUT2D eigenvalue weighted by Gasteiger charge is 2.12. The summed E-state index contributed by atoms with van der Waals surface area (Å²) in [5.41, 5.74) is 2.52. The fourth-order valence-corrected chi connectivity index (χ4v) is 1.64. The minimum absolute atomic E-state index is 0.0441. The Kier molecular flexibility index (Phi) is 4.14. The van der Waals surface area contributed by atoms with Crippen molar-refractivity contribution >= 4 is 23.0 Å². The van der Waals surface area contributed by atoms with Crippen LogP contribution < -0.4 is 21.3 Å². The molecule has 2 rings (SSSR count). The first kappa shape index (κ1) is 14.5. The summed E-state index contributed by atoms with van der Waals surface area (Å²) in [6.45, 7) is 0. The summed E-state index contributed by atoms with van der Waals surface area (Å²) in [6, 6.07) is 6.49. The molecule has 0 aliphatic carbocycles. The molecule has 110 valence electrons. The van der Waals surface area contributed by atoms with E-state index in [2.05, 4.69) is 15.7 Å². The third kappa shape index (κ3) is 3.34. The number of halogens is 1. The fourth-order valence-electron chi connectivity index (χ4n) is 1.64. The van der Waals surface area contributed by atoms with Crippen molar-refractivity contribution in [2.45, 2.75) is 0 Å². The SMILES string of the molecule is COc1cc(Nc2cc([N+](=O)[O-])cc(NN)n2)ccc1F. The number of hydrogen-bond donors (Lipinski definition) is 3. The highest BCUT2D eigenvalue weighted by Crippen LogP contribution is 2.26. The van der Waals surface area contributed by atoms with Gasteiger partial charge in [0.2, 0.25) is 0 Å². The van der Waals surface area contributed by atoms with Gasteiger partial charge in [-0.05, 0) is 12.1 Å². The maximum Gasteiger partial charge on any atom is 0.276 e. The molecule has 2 aromatic rings. The molecule has 9 heteroatoms. The molecule has 21 heavy (non-hydrogen) atoms.